The van der Waals surface area contributed by atoms with Gasteiger partial charge in [0.2, 0.25) is 6.41 Å². The Morgan fingerprint density at radius 1 is 1.37 bits per heavy atom. The molecule has 0 amide bonds. The van der Waals surface area contributed by atoms with E-state index in [1.807, 2.05) is 0 Å². The standard InChI is InChI=1S/C12H17Cl2NO4/c1-7(19-12(15)16)11(18-6-17-2)8-4-3-5-9(13)10(8)14/h3-5,7,11-12,16H,6,15H2,1-2H3/t7-,11+,12+/m0/s1. The highest BCUT2D eigenvalue weighted by atomic mass is 35.5. The fourth-order valence-corrected chi connectivity index (χ4v) is 2.07. The zero-order valence-electron chi connectivity index (χ0n) is 10.7. The van der Waals surface area contributed by atoms with E-state index in [4.69, 9.17) is 48.3 Å². The SMILES string of the molecule is COCO[C@@H](c1cccc(Cl)c1Cl)[C@H](C)O[C@H](N)O. The van der Waals surface area contributed by atoms with E-state index in [0.717, 1.165) is 0 Å². The third kappa shape index (κ3) is 4.89. The van der Waals surface area contributed by atoms with Crippen LogP contribution in [-0.2, 0) is 14.2 Å². The van der Waals surface area contributed by atoms with Crippen LogP contribution < -0.4 is 5.73 Å². The highest BCUT2D eigenvalue weighted by Gasteiger charge is 2.25. The first-order chi connectivity index (χ1) is 8.97. The lowest BCUT2D eigenvalue weighted by Crippen LogP contribution is -2.32. The van der Waals surface area contributed by atoms with Crippen LogP contribution in [0, 0.1) is 0 Å². The number of methoxy groups -OCH3 is 1. The zero-order chi connectivity index (χ0) is 14.4. The molecular formula is C12H17Cl2NO4. The van der Waals surface area contributed by atoms with Crippen LogP contribution in [0.2, 0.25) is 10.0 Å². The van der Waals surface area contributed by atoms with E-state index in [1.54, 1.807) is 25.1 Å². The molecule has 3 atom stereocenters. The lowest BCUT2D eigenvalue weighted by molar-refractivity contribution is -0.184. The van der Waals surface area contributed by atoms with Gasteiger partial charge in [0.25, 0.3) is 0 Å². The molecular weight excluding hydrogens is 293 g/mol. The summed E-state index contributed by atoms with van der Waals surface area (Å²) in [6.07, 6.45) is -2.50. The van der Waals surface area contributed by atoms with E-state index in [-0.39, 0.29) is 6.79 Å². The number of hydrogen-bond donors (Lipinski definition) is 2. The van der Waals surface area contributed by atoms with E-state index in [9.17, 15) is 0 Å². The fraction of sp³-hybridized carbons (Fsp3) is 0.500. The highest BCUT2D eigenvalue weighted by molar-refractivity contribution is 6.42. The van der Waals surface area contributed by atoms with Crippen LogP contribution >= 0.6 is 23.2 Å². The first-order valence-corrected chi connectivity index (χ1v) is 6.36. The summed E-state index contributed by atoms with van der Waals surface area (Å²) >= 11 is 12.1. The number of aliphatic hydroxyl groups is 1. The van der Waals surface area contributed by atoms with Gasteiger partial charge in [0.05, 0.1) is 16.1 Å². The molecule has 0 fully saturated rings. The molecule has 0 radical (unpaired) electrons. The average Bonchev–Trinajstić information content (AvgIpc) is 2.33. The zero-order valence-corrected chi connectivity index (χ0v) is 12.2. The second-order valence-corrected chi connectivity index (χ2v) is 4.65. The minimum absolute atomic E-state index is 0.0435. The van der Waals surface area contributed by atoms with Crippen LogP contribution in [0.4, 0.5) is 0 Å². The summed E-state index contributed by atoms with van der Waals surface area (Å²) in [6, 6.07) is 5.18. The monoisotopic (exact) mass is 309 g/mol. The van der Waals surface area contributed by atoms with Gasteiger partial charge in [0, 0.05) is 12.7 Å². The van der Waals surface area contributed by atoms with Crippen molar-refractivity contribution in [2.75, 3.05) is 13.9 Å². The van der Waals surface area contributed by atoms with Gasteiger partial charge in [-0.25, -0.2) is 0 Å². The number of aliphatic hydroxyl groups excluding tert-OH is 1. The molecule has 19 heavy (non-hydrogen) atoms. The second kappa shape index (κ2) is 8.01. The summed E-state index contributed by atoms with van der Waals surface area (Å²) in [5.41, 5.74) is 5.83. The lowest BCUT2D eigenvalue weighted by Gasteiger charge is -2.26. The minimum Gasteiger partial charge on any atom is -0.359 e. The second-order valence-electron chi connectivity index (χ2n) is 3.87. The molecule has 0 saturated heterocycles. The van der Waals surface area contributed by atoms with Gasteiger partial charge in [0.1, 0.15) is 12.9 Å². The minimum atomic E-state index is -1.40. The molecule has 108 valence electrons. The largest absolute Gasteiger partial charge is 0.359 e. The predicted molar refractivity (Wildman–Crippen MR) is 72.9 cm³/mol. The molecule has 0 aromatic heterocycles. The molecule has 7 heteroatoms. The van der Waals surface area contributed by atoms with Crippen molar-refractivity contribution in [1.29, 1.82) is 0 Å². The van der Waals surface area contributed by atoms with E-state index in [0.29, 0.717) is 15.6 Å². The van der Waals surface area contributed by atoms with Crippen LogP contribution in [0.1, 0.15) is 18.6 Å². The molecule has 1 aromatic carbocycles. The molecule has 0 aliphatic heterocycles. The third-order valence-electron chi connectivity index (χ3n) is 2.43. The number of ether oxygens (including phenoxy) is 3. The number of benzene rings is 1. The maximum Gasteiger partial charge on any atom is 0.211 e. The summed E-state index contributed by atoms with van der Waals surface area (Å²) < 4.78 is 15.5. The molecule has 0 bridgehead atoms. The third-order valence-corrected chi connectivity index (χ3v) is 3.27. The van der Waals surface area contributed by atoms with Crippen LogP contribution in [0.3, 0.4) is 0 Å². The Morgan fingerprint density at radius 2 is 2.05 bits per heavy atom. The van der Waals surface area contributed by atoms with Gasteiger partial charge in [-0.15, -0.1) is 0 Å². The van der Waals surface area contributed by atoms with Crippen LogP contribution in [-0.4, -0.2) is 31.5 Å². The molecule has 3 N–H and O–H groups in total. The van der Waals surface area contributed by atoms with E-state index in [2.05, 4.69) is 0 Å². The Kier molecular flexibility index (Phi) is 7.02. The summed E-state index contributed by atoms with van der Waals surface area (Å²) in [5.74, 6) is 0. The van der Waals surface area contributed by atoms with Crippen molar-refractivity contribution in [3.05, 3.63) is 33.8 Å². The molecule has 1 rings (SSSR count). The fourth-order valence-electron chi connectivity index (χ4n) is 1.65. The number of rotatable bonds is 7. The molecule has 0 heterocycles. The van der Waals surface area contributed by atoms with Crippen molar-refractivity contribution in [3.63, 3.8) is 0 Å². The lowest BCUT2D eigenvalue weighted by atomic mass is 10.1. The van der Waals surface area contributed by atoms with Crippen molar-refractivity contribution < 1.29 is 19.3 Å². The molecule has 5 nitrogen and oxygen atoms in total. The molecule has 0 spiro atoms. The maximum atomic E-state index is 9.08. The smallest absolute Gasteiger partial charge is 0.211 e. The van der Waals surface area contributed by atoms with Crippen molar-refractivity contribution in [2.24, 2.45) is 5.73 Å². The van der Waals surface area contributed by atoms with E-state index in [1.165, 1.54) is 7.11 Å². The Hall–Kier alpha value is -0.400. The van der Waals surface area contributed by atoms with Gasteiger partial charge in [0.15, 0.2) is 0 Å². The van der Waals surface area contributed by atoms with Crippen molar-refractivity contribution in [2.45, 2.75) is 25.5 Å². The van der Waals surface area contributed by atoms with Crippen LogP contribution in [0.25, 0.3) is 0 Å². The quantitative estimate of drug-likeness (QED) is 0.756. The van der Waals surface area contributed by atoms with E-state index < -0.39 is 18.6 Å². The highest BCUT2D eigenvalue weighted by Crippen LogP contribution is 2.34. The molecule has 0 aliphatic rings. The van der Waals surface area contributed by atoms with Gasteiger partial charge in [-0.3, -0.25) is 5.73 Å². The number of nitrogens with two attached hydrogens (primary N) is 1. The number of halogens is 2. The Labute approximate surface area is 122 Å². The van der Waals surface area contributed by atoms with Gasteiger partial charge < -0.3 is 19.3 Å². The maximum absolute atomic E-state index is 9.08. The predicted octanol–water partition coefficient (Wildman–Crippen LogP) is 2.29. The summed E-state index contributed by atoms with van der Waals surface area (Å²) in [7, 11) is 1.50. The van der Waals surface area contributed by atoms with Gasteiger partial charge in [-0.2, -0.15) is 0 Å². The van der Waals surface area contributed by atoms with Gasteiger partial charge >= 0.3 is 0 Å². The average molecular weight is 310 g/mol. The number of hydrogen-bond acceptors (Lipinski definition) is 5. The first-order valence-electron chi connectivity index (χ1n) is 5.61. The molecule has 0 unspecified atom stereocenters. The van der Waals surface area contributed by atoms with Crippen LogP contribution in [0.5, 0.6) is 0 Å². The molecule has 1 aromatic rings. The molecule has 0 aliphatic carbocycles. The van der Waals surface area contributed by atoms with Crippen molar-refractivity contribution in [1.82, 2.24) is 0 Å². The van der Waals surface area contributed by atoms with E-state index >= 15 is 0 Å². The normalized spacial score (nSPS) is 16.1. The Bertz CT molecular complexity index is 403. The van der Waals surface area contributed by atoms with Crippen LogP contribution in [0.15, 0.2) is 18.2 Å². The summed E-state index contributed by atoms with van der Waals surface area (Å²) in [6.45, 7) is 1.75. The molecule has 0 saturated carbocycles. The van der Waals surface area contributed by atoms with Gasteiger partial charge in [-0.1, -0.05) is 35.3 Å². The van der Waals surface area contributed by atoms with Gasteiger partial charge in [-0.05, 0) is 13.0 Å². The summed E-state index contributed by atoms with van der Waals surface area (Å²) in [5, 5.41) is 9.85. The topological polar surface area (TPSA) is 73.9 Å². The Balaban J connectivity index is 2.98. The van der Waals surface area contributed by atoms with Crippen molar-refractivity contribution in [3.8, 4) is 0 Å². The first kappa shape index (κ1) is 16.7. The summed E-state index contributed by atoms with van der Waals surface area (Å²) in [4.78, 5) is 0. The Morgan fingerprint density at radius 3 is 2.63 bits per heavy atom. The van der Waals surface area contributed by atoms with Crippen molar-refractivity contribution >= 4 is 23.2 Å².